The number of guanidine groups is 1. The van der Waals surface area contributed by atoms with Crippen LogP contribution in [0.25, 0.3) is 0 Å². The van der Waals surface area contributed by atoms with Gasteiger partial charge in [-0.25, -0.2) is 9.98 Å². The summed E-state index contributed by atoms with van der Waals surface area (Å²) in [5, 5.41) is 14.0. The summed E-state index contributed by atoms with van der Waals surface area (Å²) in [7, 11) is 0. The van der Waals surface area contributed by atoms with Gasteiger partial charge in [-0.2, -0.15) is 0 Å². The zero-order valence-corrected chi connectivity index (χ0v) is 17.6. The number of thiazole rings is 1. The Hall–Kier alpha value is -1.89. The molecule has 2 rings (SSSR count). The van der Waals surface area contributed by atoms with Gasteiger partial charge in [-0.1, -0.05) is 39.8 Å². The summed E-state index contributed by atoms with van der Waals surface area (Å²) in [5.74, 6) is 1.71. The van der Waals surface area contributed by atoms with Crippen LogP contribution in [-0.2, 0) is 31.3 Å². The minimum Gasteiger partial charge on any atom is -0.361 e. The topological polar surface area (TPSA) is 75.3 Å². The van der Waals surface area contributed by atoms with Crippen LogP contribution in [0, 0.1) is 0 Å². The molecule has 0 atom stereocenters. The van der Waals surface area contributed by atoms with E-state index in [0.717, 1.165) is 53.1 Å². The molecule has 2 aromatic rings. The van der Waals surface area contributed by atoms with Crippen LogP contribution in [0.4, 0.5) is 0 Å². The average molecular weight is 378 g/mol. The summed E-state index contributed by atoms with van der Waals surface area (Å²) in [4.78, 5) is 9.44. The summed E-state index contributed by atoms with van der Waals surface area (Å²) >= 11 is 1.68. The second-order valence-electron chi connectivity index (χ2n) is 7.16. The predicted molar refractivity (Wildman–Crippen MR) is 108 cm³/mol. The maximum atomic E-state index is 5.42. The molecule has 0 spiro atoms. The van der Waals surface area contributed by atoms with Gasteiger partial charge in [-0.3, -0.25) is 0 Å². The lowest BCUT2D eigenvalue weighted by atomic mass is 9.93. The molecule has 0 radical (unpaired) electrons. The van der Waals surface area contributed by atoms with Gasteiger partial charge in [0.05, 0.1) is 24.5 Å². The molecule has 2 heterocycles. The Balaban J connectivity index is 2.05. The van der Waals surface area contributed by atoms with E-state index in [0.29, 0.717) is 13.1 Å². The van der Waals surface area contributed by atoms with Crippen LogP contribution >= 0.6 is 11.3 Å². The van der Waals surface area contributed by atoms with E-state index in [9.17, 15) is 0 Å². The van der Waals surface area contributed by atoms with Crippen molar-refractivity contribution in [2.45, 2.75) is 72.9 Å². The molecule has 26 heavy (non-hydrogen) atoms. The molecule has 144 valence electrons. The van der Waals surface area contributed by atoms with Crippen LogP contribution < -0.4 is 10.6 Å². The van der Waals surface area contributed by atoms with Crippen molar-refractivity contribution in [3.8, 4) is 0 Å². The molecule has 0 amide bonds. The first-order valence-corrected chi connectivity index (χ1v) is 10.2. The van der Waals surface area contributed by atoms with Crippen molar-refractivity contribution in [2.75, 3.05) is 6.54 Å². The van der Waals surface area contributed by atoms with Crippen LogP contribution in [0.15, 0.2) is 14.9 Å². The lowest BCUT2D eigenvalue weighted by Gasteiger charge is -2.14. The highest BCUT2D eigenvalue weighted by molar-refractivity contribution is 7.09. The molecule has 0 bridgehead atoms. The maximum Gasteiger partial charge on any atom is 0.191 e. The molecule has 0 unspecified atom stereocenters. The second-order valence-corrected chi connectivity index (χ2v) is 8.11. The number of aliphatic imine (C=N–C) groups is 1. The summed E-state index contributed by atoms with van der Waals surface area (Å²) in [6.45, 7) is 14.8. The highest BCUT2D eigenvalue weighted by Gasteiger charge is 2.17. The number of hydrogen-bond acceptors (Lipinski definition) is 5. The zero-order valence-electron chi connectivity index (χ0n) is 16.8. The van der Waals surface area contributed by atoms with E-state index in [2.05, 4.69) is 62.7 Å². The maximum absolute atomic E-state index is 5.42. The second kappa shape index (κ2) is 9.16. The van der Waals surface area contributed by atoms with Crippen LogP contribution in [0.5, 0.6) is 0 Å². The van der Waals surface area contributed by atoms with Crippen molar-refractivity contribution in [1.82, 2.24) is 20.8 Å². The largest absolute Gasteiger partial charge is 0.361 e. The molecule has 0 fully saturated rings. The van der Waals surface area contributed by atoms with Gasteiger partial charge in [0, 0.05) is 29.3 Å². The molecule has 0 saturated heterocycles. The highest BCUT2D eigenvalue weighted by Crippen LogP contribution is 2.23. The molecule has 2 N–H and O–H groups in total. The summed E-state index contributed by atoms with van der Waals surface area (Å²) in [5.41, 5.74) is 3.31. The first-order chi connectivity index (χ1) is 12.4. The Kier molecular flexibility index (Phi) is 7.20. The summed E-state index contributed by atoms with van der Waals surface area (Å²) in [6.07, 6.45) is 1.68. The van der Waals surface area contributed by atoms with Gasteiger partial charge >= 0.3 is 0 Å². The third-order valence-electron chi connectivity index (χ3n) is 4.07. The van der Waals surface area contributed by atoms with E-state index in [1.807, 2.05) is 0 Å². The van der Waals surface area contributed by atoms with Gasteiger partial charge in [0.1, 0.15) is 10.8 Å². The predicted octanol–water partition coefficient (Wildman–Crippen LogP) is 3.81. The van der Waals surface area contributed by atoms with E-state index in [-0.39, 0.29) is 5.41 Å². The molecule has 0 saturated carbocycles. The number of aromatic nitrogens is 2. The third kappa shape index (κ3) is 5.30. The molecule has 6 nitrogen and oxygen atoms in total. The SMILES string of the molecule is CCNC(=NCc1c(CC)noc1CC)NCc1nc(C(C)(C)C)cs1. The van der Waals surface area contributed by atoms with E-state index in [1.54, 1.807) is 11.3 Å². The molecule has 0 aliphatic carbocycles. The Labute approximate surface area is 160 Å². The van der Waals surface area contributed by atoms with Crippen molar-refractivity contribution in [1.29, 1.82) is 0 Å². The summed E-state index contributed by atoms with van der Waals surface area (Å²) < 4.78 is 5.42. The monoisotopic (exact) mass is 377 g/mol. The van der Waals surface area contributed by atoms with Gasteiger partial charge < -0.3 is 15.2 Å². The third-order valence-corrected chi connectivity index (χ3v) is 4.92. The Bertz CT molecular complexity index is 705. The quantitative estimate of drug-likeness (QED) is 0.567. The average Bonchev–Trinajstić information content (AvgIpc) is 3.23. The summed E-state index contributed by atoms with van der Waals surface area (Å²) in [6, 6.07) is 0. The first kappa shape index (κ1) is 20.4. The van der Waals surface area contributed by atoms with E-state index in [1.165, 1.54) is 0 Å². The lowest BCUT2D eigenvalue weighted by Crippen LogP contribution is -2.36. The van der Waals surface area contributed by atoms with Gasteiger partial charge in [0.2, 0.25) is 0 Å². The highest BCUT2D eigenvalue weighted by atomic mass is 32.1. The first-order valence-electron chi connectivity index (χ1n) is 9.32. The van der Waals surface area contributed by atoms with Crippen LogP contribution in [0.1, 0.15) is 69.3 Å². The minimum absolute atomic E-state index is 0.0781. The van der Waals surface area contributed by atoms with E-state index in [4.69, 9.17) is 14.5 Å². The van der Waals surface area contributed by atoms with Gasteiger partial charge in [0.25, 0.3) is 0 Å². The number of aryl methyl sites for hydroxylation is 2. The molecular weight excluding hydrogens is 346 g/mol. The van der Waals surface area contributed by atoms with Crippen LogP contribution in [0.3, 0.4) is 0 Å². The van der Waals surface area contributed by atoms with Crippen molar-refractivity contribution >= 4 is 17.3 Å². The number of nitrogens with one attached hydrogen (secondary N) is 2. The van der Waals surface area contributed by atoms with Gasteiger partial charge in [0.15, 0.2) is 5.96 Å². The van der Waals surface area contributed by atoms with Gasteiger partial charge in [-0.05, 0) is 13.3 Å². The molecule has 0 aliphatic heterocycles. The number of hydrogen-bond donors (Lipinski definition) is 2. The van der Waals surface area contributed by atoms with E-state index < -0.39 is 0 Å². The number of rotatable bonds is 7. The Morgan fingerprint density at radius 1 is 1.19 bits per heavy atom. The molecule has 2 aromatic heterocycles. The minimum atomic E-state index is 0.0781. The molecule has 0 aliphatic rings. The van der Waals surface area contributed by atoms with Crippen molar-refractivity contribution in [2.24, 2.45) is 4.99 Å². The molecule has 7 heteroatoms. The zero-order chi connectivity index (χ0) is 19.2. The van der Waals surface area contributed by atoms with Crippen molar-refractivity contribution < 1.29 is 4.52 Å². The van der Waals surface area contributed by atoms with Crippen molar-refractivity contribution in [3.05, 3.63) is 33.1 Å². The molecule has 0 aromatic carbocycles. The fraction of sp³-hybridized carbons (Fsp3) is 0.632. The Morgan fingerprint density at radius 3 is 2.54 bits per heavy atom. The fourth-order valence-electron chi connectivity index (χ4n) is 2.51. The molecular formula is C19H31N5OS. The van der Waals surface area contributed by atoms with Crippen LogP contribution in [-0.4, -0.2) is 22.6 Å². The van der Waals surface area contributed by atoms with E-state index >= 15 is 0 Å². The fourth-order valence-corrected chi connectivity index (χ4v) is 3.47. The lowest BCUT2D eigenvalue weighted by molar-refractivity contribution is 0.380. The van der Waals surface area contributed by atoms with Crippen molar-refractivity contribution in [3.63, 3.8) is 0 Å². The number of nitrogens with zero attached hydrogens (tertiary/aromatic N) is 3. The standard InChI is InChI=1S/C19H31N5OS/c1-7-14-13(15(8-2)25-24-14)10-21-18(20-9-3)22-11-17-23-16(12-26-17)19(4,5)6/h12H,7-11H2,1-6H3,(H2,20,21,22). The smallest absolute Gasteiger partial charge is 0.191 e. The van der Waals surface area contributed by atoms with Gasteiger partial charge in [-0.15, -0.1) is 11.3 Å². The normalized spacial score (nSPS) is 12.5. The van der Waals surface area contributed by atoms with Crippen LogP contribution in [0.2, 0.25) is 0 Å². The Morgan fingerprint density at radius 2 is 1.96 bits per heavy atom.